The second-order valence-corrected chi connectivity index (χ2v) is 4.51. The van der Waals surface area contributed by atoms with Crippen LogP contribution in [0, 0.1) is 0 Å². The summed E-state index contributed by atoms with van der Waals surface area (Å²) in [4.78, 5) is 24.8. The highest BCUT2D eigenvalue weighted by Gasteiger charge is 2.46. The normalized spacial score (nSPS) is 24.3. The van der Waals surface area contributed by atoms with Crippen molar-refractivity contribution in [1.82, 2.24) is 4.90 Å². The van der Waals surface area contributed by atoms with E-state index in [9.17, 15) is 14.7 Å². The highest BCUT2D eigenvalue weighted by molar-refractivity contribution is 5.87. The lowest BCUT2D eigenvalue weighted by Gasteiger charge is -2.36. The van der Waals surface area contributed by atoms with E-state index in [0.29, 0.717) is 32.4 Å². The zero-order chi connectivity index (χ0) is 13.6. The number of ether oxygens (including phenoxy) is 1. The summed E-state index contributed by atoms with van der Waals surface area (Å²) in [5, 5.41) is 10.5. The van der Waals surface area contributed by atoms with Gasteiger partial charge in [0.2, 0.25) is 11.6 Å². The largest absolute Gasteiger partial charge is 0.462 e. The fraction of sp³-hybridized carbons (Fsp3) is 0.833. The summed E-state index contributed by atoms with van der Waals surface area (Å²) in [6.07, 6.45) is 3.12. The number of nitrogens with zero attached hydrogens (tertiary/aromatic N) is 1. The number of carbonyl (C=O) groups excluding carboxylic acids is 2. The maximum atomic E-state index is 11.9. The predicted molar refractivity (Wildman–Crippen MR) is 65.4 cm³/mol. The van der Waals surface area contributed by atoms with Gasteiger partial charge in [0.05, 0.1) is 13.2 Å². The lowest BCUT2D eigenvalue weighted by Crippen LogP contribution is -2.59. The van der Waals surface area contributed by atoms with Crippen molar-refractivity contribution in [2.24, 2.45) is 5.73 Å². The maximum absolute atomic E-state index is 11.9. The zero-order valence-electron chi connectivity index (χ0n) is 10.9. The Kier molecular flexibility index (Phi) is 5.55. The van der Waals surface area contributed by atoms with Gasteiger partial charge in [-0.1, -0.05) is 13.3 Å². The fourth-order valence-corrected chi connectivity index (χ4v) is 2.04. The molecule has 6 nitrogen and oxygen atoms in total. The molecule has 1 aliphatic rings. The van der Waals surface area contributed by atoms with Crippen LogP contribution in [0.2, 0.25) is 0 Å². The van der Waals surface area contributed by atoms with Crippen LogP contribution < -0.4 is 5.73 Å². The summed E-state index contributed by atoms with van der Waals surface area (Å²) < 4.78 is 4.95. The first-order chi connectivity index (χ1) is 8.56. The Bertz CT molecular complexity index is 308. The third kappa shape index (κ3) is 3.20. The van der Waals surface area contributed by atoms with Gasteiger partial charge in [0, 0.05) is 13.0 Å². The number of amides is 1. The first kappa shape index (κ1) is 14.9. The minimum atomic E-state index is -1.85. The van der Waals surface area contributed by atoms with Gasteiger partial charge in [0.25, 0.3) is 0 Å². The molecule has 1 saturated heterocycles. The molecule has 1 atom stereocenters. The monoisotopic (exact) mass is 258 g/mol. The second-order valence-electron chi connectivity index (χ2n) is 4.51. The van der Waals surface area contributed by atoms with Crippen LogP contribution in [0.3, 0.4) is 0 Å². The summed E-state index contributed by atoms with van der Waals surface area (Å²) in [7, 11) is 0. The molecule has 0 radical (unpaired) electrons. The molecule has 6 heteroatoms. The van der Waals surface area contributed by atoms with E-state index in [4.69, 9.17) is 10.5 Å². The van der Waals surface area contributed by atoms with Crippen LogP contribution in [-0.2, 0) is 14.3 Å². The number of hydrogen-bond donors (Lipinski definition) is 2. The van der Waals surface area contributed by atoms with E-state index in [1.54, 1.807) is 0 Å². The summed E-state index contributed by atoms with van der Waals surface area (Å²) in [6, 6.07) is 0. The molecule has 104 valence electrons. The topological polar surface area (TPSA) is 92.9 Å². The van der Waals surface area contributed by atoms with E-state index in [1.807, 2.05) is 6.92 Å². The third-order valence-corrected chi connectivity index (χ3v) is 3.14. The minimum absolute atomic E-state index is 0.210. The van der Waals surface area contributed by atoms with E-state index in [-0.39, 0.29) is 13.0 Å². The zero-order valence-corrected chi connectivity index (χ0v) is 10.9. The van der Waals surface area contributed by atoms with Gasteiger partial charge >= 0.3 is 5.97 Å². The molecule has 1 aliphatic heterocycles. The fourth-order valence-electron chi connectivity index (χ4n) is 2.04. The lowest BCUT2D eigenvalue weighted by atomic mass is 10.0. The number of hydrogen-bond acceptors (Lipinski definition) is 5. The van der Waals surface area contributed by atoms with Crippen molar-refractivity contribution in [3.05, 3.63) is 0 Å². The molecule has 0 aliphatic carbocycles. The standard InChI is InChI=1S/C12H22N2O4/c1-2-3-7-14(10(15)9-13)12(17)6-4-5-8-18-11(12)16/h17H,2-9,13H2,1H3. The van der Waals surface area contributed by atoms with E-state index in [1.165, 1.54) is 4.90 Å². The molecule has 0 saturated carbocycles. The average Bonchev–Trinajstić information content (AvgIpc) is 2.53. The Hall–Kier alpha value is -1.14. The van der Waals surface area contributed by atoms with Gasteiger partial charge in [-0.3, -0.25) is 4.79 Å². The molecule has 18 heavy (non-hydrogen) atoms. The van der Waals surface area contributed by atoms with Crippen LogP contribution >= 0.6 is 0 Å². The average molecular weight is 258 g/mol. The van der Waals surface area contributed by atoms with Crippen molar-refractivity contribution < 1.29 is 19.4 Å². The van der Waals surface area contributed by atoms with Crippen LogP contribution in [0.15, 0.2) is 0 Å². The Balaban J connectivity index is 2.91. The molecule has 0 aromatic rings. The first-order valence-corrected chi connectivity index (χ1v) is 6.46. The quantitative estimate of drug-likeness (QED) is 0.534. The van der Waals surface area contributed by atoms with Gasteiger partial charge in [-0.25, -0.2) is 4.79 Å². The number of cyclic esters (lactones) is 1. The number of esters is 1. The molecule has 0 aromatic carbocycles. The Morgan fingerprint density at radius 3 is 2.89 bits per heavy atom. The molecule has 0 bridgehead atoms. The molecule has 1 rings (SSSR count). The molecule has 0 aromatic heterocycles. The van der Waals surface area contributed by atoms with E-state index in [2.05, 4.69) is 0 Å². The number of nitrogens with two attached hydrogens (primary N) is 1. The van der Waals surface area contributed by atoms with Crippen LogP contribution in [0.4, 0.5) is 0 Å². The minimum Gasteiger partial charge on any atom is -0.462 e. The van der Waals surface area contributed by atoms with E-state index < -0.39 is 17.6 Å². The van der Waals surface area contributed by atoms with Crippen molar-refractivity contribution in [2.75, 3.05) is 19.7 Å². The highest BCUT2D eigenvalue weighted by atomic mass is 16.6. The van der Waals surface area contributed by atoms with Crippen LogP contribution in [0.1, 0.15) is 39.0 Å². The van der Waals surface area contributed by atoms with E-state index >= 15 is 0 Å². The van der Waals surface area contributed by atoms with E-state index in [0.717, 1.165) is 6.42 Å². The Morgan fingerprint density at radius 1 is 1.56 bits per heavy atom. The first-order valence-electron chi connectivity index (χ1n) is 6.46. The van der Waals surface area contributed by atoms with Crippen molar-refractivity contribution in [3.8, 4) is 0 Å². The van der Waals surface area contributed by atoms with Crippen molar-refractivity contribution in [1.29, 1.82) is 0 Å². The van der Waals surface area contributed by atoms with Crippen LogP contribution in [-0.4, -0.2) is 47.3 Å². The number of aliphatic hydroxyl groups is 1. The number of rotatable bonds is 5. The smallest absolute Gasteiger partial charge is 0.359 e. The summed E-state index contributed by atoms with van der Waals surface area (Å²) >= 11 is 0. The van der Waals surface area contributed by atoms with Crippen molar-refractivity contribution >= 4 is 11.9 Å². The molecular weight excluding hydrogens is 236 g/mol. The van der Waals surface area contributed by atoms with Gasteiger partial charge < -0.3 is 20.5 Å². The summed E-state index contributed by atoms with van der Waals surface area (Å²) in [5.74, 6) is -1.16. The molecular formula is C12H22N2O4. The van der Waals surface area contributed by atoms with Gasteiger partial charge in [-0.15, -0.1) is 0 Å². The molecule has 1 fully saturated rings. The molecule has 1 heterocycles. The number of unbranched alkanes of at least 4 members (excludes halogenated alkanes) is 1. The van der Waals surface area contributed by atoms with Crippen LogP contribution in [0.5, 0.6) is 0 Å². The Morgan fingerprint density at radius 2 is 2.28 bits per heavy atom. The third-order valence-electron chi connectivity index (χ3n) is 3.14. The Labute approximate surface area is 107 Å². The second kappa shape index (κ2) is 6.70. The predicted octanol–water partition coefficient (Wildman–Crippen LogP) is -0.0105. The summed E-state index contributed by atoms with van der Waals surface area (Å²) in [6.45, 7) is 2.36. The van der Waals surface area contributed by atoms with Gasteiger partial charge in [-0.2, -0.15) is 0 Å². The maximum Gasteiger partial charge on any atom is 0.359 e. The van der Waals surface area contributed by atoms with Crippen LogP contribution in [0.25, 0.3) is 0 Å². The van der Waals surface area contributed by atoms with Gasteiger partial charge in [0.1, 0.15) is 0 Å². The van der Waals surface area contributed by atoms with Gasteiger partial charge in [0.15, 0.2) is 0 Å². The summed E-state index contributed by atoms with van der Waals surface area (Å²) in [5.41, 5.74) is 3.50. The SMILES string of the molecule is CCCCN(C(=O)CN)C1(O)CCCCOC1=O. The highest BCUT2D eigenvalue weighted by Crippen LogP contribution is 2.25. The lowest BCUT2D eigenvalue weighted by molar-refractivity contribution is -0.192. The van der Waals surface area contributed by atoms with Gasteiger partial charge in [-0.05, 0) is 19.3 Å². The molecule has 1 amide bonds. The number of carbonyl (C=O) groups is 2. The molecule has 1 unspecified atom stereocenters. The molecule has 0 spiro atoms. The molecule has 3 N–H and O–H groups in total. The van der Waals surface area contributed by atoms with Crippen molar-refractivity contribution in [2.45, 2.75) is 44.8 Å². The van der Waals surface area contributed by atoms with Crippen molar-refractivity contribution in [3.63, 3.8) is 0 Å².